The summed E-state index contributed by atoms with van der Waals surface area (Å²) in [5, 5.41) is 15.0. The van der Waals surface area contributed by atoms with E-state index in [2.05, 4.69) is 26.9 Å². The van der Waals surface area contributed by atoms with E-state index in [-0.39, 0.29) is 5.91 Å². The van der Waals surface area contributed by atoms with Crippen LogP contribution in [0, 0.1) is 0 Å². The number of carbonyl (C=O) groups is 1. The third kappa shape index (κ3) is 3.24. The van der Waals surface area contributed by atoms with Crippen molar-refractivity contribution in [2.45, 2.75) is 18.0 Å². The van der Waals surface area contributed by atoms with Crippen LogP contribution in [0.3, 0.4) is 0 Å². The number of amides is 1. The van der Waals surface area contributed by atoms with Crippen LogP contribution in [0.1, 0.15) is 22.3 Å². The van der Waals surface area contributed by atoms with Crippen molar-refractivity contribution < 1.29 is 4.79 Å². The van der Waals surface area contributed by atoms with Gasteiger partial charge in [0.2, 0.25) is 0 Å². The number of para-hydroxylation sites is 1. The minimum absolute atomic E-state index is 0.0233. The second kappa shape index (κ2) is 6.83. The molecule has 0 atom stereocenters. The number of nitrogens with zero attached hydrogens (tertiary/aromatic N) is 3. The summed E-state index contributed by atoms with van der Waals surface area (Å²) in [6.07, 6.45) is 3.82. The summed E-state index contributed by atoms with van der Waals surface area (Å²) in [6, 6.07) is 5.92. The highest BCUT2D eigenvalue weighted by molar-refractivity contribution is 7.99. The highest BCUT2D eigenvalue weighted by Gasteiger charge is 2.16. The normalized spacial score (nSPS) is 13.3. The highest BCUT2D eigenvalue weighted by atomic mass is 32.2. The van der Waals surface area contributed by atoms with Gasteiger partial charge >= 0.3 is 0 Å². The molecule has 22 heavy (non-hydrogen) atoms. The third-order valence-electron chi connectivity index (χ3n) is 3.61. The summed E-state index contributed by atoms with van der Waals surface area (Å²) in [7, 11) is 1.91. The van der Waals surface area contributed by atoms with Crippen LogP contribution in [-0.4, -0.2) is 39.5 Å². The first-order valence-electron chi connectivity index (χ1n) is 7.36. The topological polar surface area (TPSA) is 71.8 Å². The summed E-state index contributed by atoms with van der Waals surface area (Å²) < 4.78 is 1.87. The Morgan fingerprint density at radius 3 is 3.23 bits per heavy atom. The summed E-state index contributed by atoms with van der Waals surface area (Å²) in [6.45, 7) is 1.53. The molecule has 3 rings (SSSR count). The van der Waals surface area contributed by atoms with Gasteiger partial charge in [-0.3, -0.25) is 4.79 Å². The van der Waals surface area contributed by atoms with Crippen LogP contribution in [0.2, 0.25) is 0 Å². The quantitative estimate of drug-likeness (QED) is 0.649. The molecule has 1 aromatic heterocycles. The van der Waals surface area contributed by atoms with Crippen molar-refractivity contribution >= 4 is 23.4 Å². The third-order valence-corrected chi connectivity index (χ3v) is 4.64. The van der Waals surface area contributed by atoms with E-state index >= 15 is 0 Å². The van der Waals surface area contributed by atoms with Gasteiger partial charge in [-0.1, -0.05) is 23.9 Å². The number of carbonyl (C=O) groups excluding carboxylic acids is 1. The molecule has 2 aromatic rings. The van der Waals surface area contributed by atoms with Crippen LogP contribution in [0.15, 0.2) is 29.7 Å². The number of thioether (sulfide) groups is 1. The smallest absolute Gasteiger partial charge is 0.253 e. The summed E-state index contributed by atoms with van der Waals surface area (Å²) in [4.78, 5) is 12.4. The average molecular weight is 317 g/mol. The second-order valence-corrected chi connectivity index (χ2v) is 6.26. The number of aromatic nitrogens is 3. The molecule has 7 heteroatoms. The lowest BCUT2D eigenvalue weighted by Gasteiger charge is -2.20. The Labute approximate surface area is 133 Å². The lowest BCUT2D eigenvalue weighted by atomic mass is 9.99. The fourth-order valence-corrected chi connectivity index (χ4v) is 3.25. The van der Waals surface area contributed by atoms with Gasteiger partial charge in [0.1, 0.15) is 6.33 Å². The molecule has 1 amide bonds. The Morgan fingerprint density at radius 1 is 1.50 bits per heavy atom. The first kappa shape index (κ1) is 14.9. The number of anilines is 1. The number of benzene rings is 1. The van der Waals surface area contributed by atoms with Crippen molar-refractivity contribution in [3.05, 3.63) is 35.7 Å². The molecule has 0 fully saturated rings. The van der Waals surface area contributed by atoms with Gasteiger partial charge in [0.15, 0.2) is 5.16 Å². The van der Waals surface area contributed by atoms with Crippen LogP contribution in [-0.2, 0) is 13.5 Å². The van der Waals surface area contributed by atoms with Gasteiger partial charge < -0.3 is 15.2 Å². The lowest BCUT2D eigenvalue weighted by Crippen LogP contribution is -2.27. The fourth-order valence-electron chi connectivity index (χ4n) is 2.50. The molecule has 6 nitrogen and oxygen atoms in total. The molecule has 0 unspecified atom stereocenters. The van der Waals surface area contributed by atoms with E-state index in [1.54, 1.807) is 18.1 Å². The zero-order chi connectivity index (χ0) is 15.4. The number of hydrogen-bond donors (Lipinski definition) is 2. The maximum Gasteiger partial charge on any atom is 0.253 e. The van der Waals surface area contributed by atoms with Gasteiger partial charge in [-0.15, -0.1) is 10.2 Å². The predicted octanol–water partition coefficient (Wildman–Crippen LogP) is 1.70. The number of aryl methyl sites for hydroxylation is 2. The van der Waals surface area contributed by atoms with E-state index in [4.69, 9.17) is 0 Å². The molecule has 2 heterocycles. The average Bonchev–Trinajstić information content (AvgIpc) is 2.96. The van der Waals surface area contributed by atoms with Gasteiger partial charge in [0.05, 0.1) is 11.3 Å². The molecule has 2 N–H and O–H groups in total. The first-order valence-corrected chi connectivity index (χ1v) is 8.35. The Bertz CT molecular complexity index is 670. The SMILES string of the molecule is Cn1cnnc1SCCNC(=O)c1cccc2c1NCCC2. The predicted molar refractivity (Wildman–Crippen MR) is 87.3 cm³/mol. The highest BCUT2D eigenvalue weighted by Crippen LogP contribution is 2.25. The lowest BCUT2D eigenvalue weighted by molar-refractivity contribution is 0.0957. The van der Waals surface area contributed by atoms with Crippen LogP contribution >= 0.6 is 11.8 Å². The second-order valence-electron chi connectivity index (χ2n) is 5.20. The van der Waals surface area contributed by atoms with Gasteiger partial charge in [-0.25, -0.2) is 0 Å². The molecular formula is C15H19N5OS. The van der Waals surface area contributed by atoms with Crippen LogP contribution in [0.5, 0.6) is 0 Å². The Balaban J connectivity index is 1.55. The number of nitrogens with one attached hydrogen (secondary N) is 2. The van der Waals surface area contributed by atoms with Gasteiger partial charge in [-0.05, 0) is 24.5 Å². The van der Waals surface area contributed by atoms with Gasteiger partial charge in [0.25, 0.3) is 5.91 Å². The largest absolute Gasteiger partial charge is 0.384 e. The number of fused-ring (bicyclic) bond motifs is 1. The molecule has 0 aliphatic carbocycles. The zero-order valence-electron chi connectivity index (χ0n) is 12.5. The minimum atomic E-state index is -0.0233. The fraction of sp³-hybridized carbons (Fsp3) is 0.400. The maximum absolute atomic E-state index is 12.4. The molecule has 1 aliphatic rings. The molecule has 0 saturated heterocycles. The molecule has 116 valence electrons. The molecule has 0 spiro atoms. The van der Waals surface area contributed by atoms with Crippen LogP contribution in [0.25, 0.3) is 0 Å². The van der Waals surface area contributed by atoms with E-state index in [0.717, 1.165) is 41.5 Å². The van der Waals surface area contributed by atoms with Crippen molar-refractivity contribution in [2.24, 2.45) is 7.05 Å². The summed E-state index contributed by atoms with van der Waals surface area (Å²) in [5.74, 6) is 0.741. The Hall–Kier alpha value is -2.02. The maximum atomic E-state index is 12.4. The van der Waals surface area contributed by atoms with Crippen molar-refractivity contribution in [2.75, 3.05) is 24.2 Å². The van der Waals surface area contributed by atoms with Crippen LogP contribution < -0.4 is 10.6 Å². The monoisotopic (exact) mass is 317 g/mol. The van der Waals surface area contributed by atoms with Crippen molar-refractivity contribution in [3.63, 3.8) is 0 Å². The number of hydrogen-bond acceptors (Lipinski definition) is 5. The van der Waals surface area contributed by atoms with Gasteiger partial charge in [0, 0.05) is 25.9 Å². The standard InChI is InChI=1S/C15H19N5OS/c1-20-10-18-19-15(20)22-9-8-17-14(21)12-6-2-4-11-5-3-7-16-13(11)12/h2,4,6,10,16H,3,5,7-9H2,1H3,(H,17,21). The van der Waals surface area contributed by atoms with E-state index in [9.17, 15) is 4.79 Å². The summed E-state index contributed by atoms with van der Waals surface area (Å²) in [5.41, 5.74) is 2.96. The van der Waals surface area contributed by atoms with Crippen molar-refractivity contribution in [1.29, 1.82) is 0 Å². The molecule has 1 aromatic carbocycles. The van der Waals surface area contributed by atoms with E-state index < -0.39 is 0 Å². The van der Waals surface area contributed by atoms with Crippen LogP contribution in [0.4, 0.5) is 5.69 Å². The summed E-state index contributed by atoms with van der Waals surface area (Å²) >= 11 is 1.58. The minimum Gasteiger partial charge on any atom is -0.384 e. The zero-order valence-corrected chi connectivity index (χ0v) is 13.3. The molecular weight excluding hydrogens is 298 g/mol. The van der Waals surface area contributed by atoms with E-state index in [1.807, 2.05) is 23.7 Å². The number of rotatable bonds is 5. The first-order chi connectivity index (χ1) is 10.8. The Kier molecular flexibility index (Phi) is 4.62. The van der Waals surface area contributed by atoms with E-state index in [0.29, 0.717) is 6.54 Å². The molecule has 0 bridgehead atoms. The molecule has 1 aliphatic heterocycles. The Morgan fingerprint density at radius 2 is 2.41 bits per heavy atom. The molecule has 0 radical (unpaired) electrons. The van der Waals surface area contributed by atoms with Gasteiger partial charge in [-0.2, -0.15) is 0 Å². The van der Waals surface area contributed by atoms with E-state index in [1.165, 1.54) is 5.56 Å². The van der Waals surface area contributed by atoms with Crippen molar-refractivity contribution in [3.8, 4) is 0 Å². The van der Waals surface area contributed by atoms with Crippen molar-refractivity contribution in [1.82, 2.24) is 20.1 Å². The molecule has 0 saturated carbocycles.